The lowest BCUT2D eigenvalue weighted by Crippen LogP contribution is -2.28. The van der Waals surface area contributed by atoms with Gasteiger partial charge < -0.3 is 20.9 Å². The van der Waals surface area contributed by atoms with E-state index in [1.54, 1.807) is 45.0 Å². The summed E-state index contributed by atoms with van der Waals surface area (Å²) in [4.78, 5) is 22.4. The Balaban J connectivity index is 2.63. The zero-order chi connectivity index (χ0) is 15.3. The van der Waals surface area contributed by atoms with Crippen LogP contribution in [0.25, 0.3) is 0 Å². The molecule has 0 radical (unpaired) electrons. The Labute approximate surface area is 117 Å². The van der Waals surface area contributed by atoms with E-state index in [4.69, 9.17) is 15.6 Å². The van der Waals surface area contributed by atoms with E-state index in [0.717, 1.165) is 0 Å². The maximum absolute atomic E-state index is 11.6. The summed E-state index contributed by atoms with van der Waals surface area (Å²) in [5.74, 6) is -1.49. The van der Waals surface area contributed by atoms with Crippen LogP contribution >= 0.6 is 0 Å². The molecule has 0 fully saturated rings. The Morgan fingerprint density at radius 3 is 2.60 bits per heavy atom. The van der Waals surface area contributed by atoms with Gasteiger partial charge in [-0.05, 0) is 38.5 Å². The molecule has 0 saturated heterocycles. The highest BCUT2D eigenvalue weighted by molar-refractivity contribution is 5.77. The maximum Gasteiger partial charge on any atom is 0.325 e. The van der Waals surface area contributed by atoms with Crippen LogP contribution in [-0.2, 0) is 14.3 Å². The molecule has 6 nitrogen and oxygen atoms in total. The van der Waals surface area contributed by atoms with Crippen molar-refractivity contribution in [3.8, 4) is 0 Å². The predicted molar refractivity (Wildman–Crippen MR) is 75.3 cm³/mol. The first kappa shape index (κ1) is 16.0. The Morgan fingerprint density at radius 2 is 2.05 bits per heavy atom. The molecule has 110 valence electrons. The number of carboxylic acid groups (broad SMARTS) is 1. The number of esters is 1. The zero-order valence-corrected chi connectivity index (χ0v) is 11.8. The molecule has 0 aliphatic rings. The molecule has 0 aliphatic carbocycles. The van der Waals surface area contributed by atoms with Crippen molar-refractivity contribution in [3.05, 3.63) is 29.8 Å². The molecular weight excluding hydrogens is 260 g/mol. The molecule has 0 bridgehead atoms. The van der Waals surface area contributed by atoms with Gasteiger partial charge in [-0.15, -0.1) is 0 Å². The van der Waals surface area contributed by atoms with Gasteiger partial charge in [-0.2, -0.15) is 0 Å². The quantitative estimate of drug-likeness (QED) is 0.707. The minimum absolute atomic E-state index is 0.00301. The van der Waals surface area contributed by atoms with E-state index in [-0.39, 0.29) is 12.5 Å². The highest BCUT2D eigenvalue weighted by Crippen LogP contribution is 2.16. The SMILES string of the molecule is CC(C)(C)OC(=O)CNc1cccc(C(N)C(=O)O)c1. The van der Waals surface area contributed by atoms with Gasteiger partial charge in [0.2, 0.25) is 0 Å². The van der Waals surface area contributed by atoms with E-state index in [2.05, 4.69) is 5.32 Å². The zero-order valence-electron chi connectivity index (χ0n) is 11.8. The van der Waals surface area contributed by atoms with Crippen molar-refractivity contribution >= 4 is 17.6 Å². The van der Waals surface area contributed by atoms with Crippen LogP contribution < -0.4 is 11.1 Å². The smallest absolute Gasteiger partial charge is 0.325 e. The Bertz CT molecular complexity index is 494. The van der Waals surface area contributed by atoms with Crippen LogP contribution in [0.4, 0.5) is 5.69 Å². The molecule has 6 heteroatoms. The van der Waals surface area contributed by atoms with Gasteiger partial charge in [0.1, 0.15) is 18.2 Å². The molecule has 0 amide bonds. The number of rotatable bonds is 5. The van der Waals surface area contributed by atoms with Crippen molar-refractivity contribution in [1.82, 2.24) is 0 Å². The third-order valence-corrected chi connectivity index (χ3v) is 2.37. The first-order chi connectivity index (χ1) is 9.19. The normalized spacial score (nSPS) is 12.6. The van der Waals surface area contributed by atoms with Gasteiger partial charge in [0.25, 0.3) is 0 Å². The number of anilines is 1. The van der Waals surface area contributed by atoms with Gasteiger partial charge in [-0.25, -0.2) is 0 Å². The molecule has 1 rings (SSSR count). The standard InChI is InChI=1S/C14H20N2O4/c1-14(2,3)20-11(17)8-16-10-6-4-5-9(7-10)12(15)13(18)19/h4-7,12,16H,8,15H2,1-3H3,(H,18,19). The second kappa shape index (κ2) is 6.38. The monoisotopic (exact) mass is 280 g/mol. The average molecular weight is 280 g/mol. The first-order valence-corrected chi connectivity index (χ1v) is 6.23. The van der Waals surface area contributed by atoms with Crippen molar-refractivity contribution < 1.29 is 19.4 Å². The van der Waals surface area contributed by atoms with Gasteiger partial charge in [-0.1, -0.05) is 12.1 Å². The van der Waals surface area contributed by atoms with Crippen molar-refractivity contribution in [1.29, 1.82) is 0 Å². The van der Waals surface area contributed by atoms with E-state index in [9.17, 15) is 9.59 Å². The van der Waals surface area contributed by atoms with Crippen LogP contribution in [-0.4, -0.2) is 29.2 Å². The summed E-state index contributed by atoms with van der Waals surface area (Å²) in [5.41, 5.74) is 6.07. The second-order valence-electron chi connectivity index (χ2n) is 5.38. The van der Waals surface area contributed by atoms with Gasteiger partial charge in [-0.3, -0.25) is 9.59 Å². The van der Waals surface area contributed by atoms with Crippen LogP contribution in [0.5, 0.6) is 0 Å². The highest BCUT2D eigenvalue weighted by Gasteiger charge is 2.17. The number of ether oxygens (including phenoxy) is 1. The van der Waals surface area contributed by atoms with Crippen LogP contribution in [0.15, 0.2) is 24.3 Å². The largest absolute Gasteiger partial charge is 0.480 e. The van der Waals surface area contributed by atoms with Crippen molar-refractivity contribution in [3.63, 3.8) is 0 Å². The van der Waals surface area contributed by atoms with Gasteiger partial charge in [0.15, 0.2) is 0 Å². The summed E-state index contributed by atoms with van der Waals surface area (Å²) in [6.45, 7) is 5.37. The molecular formula is C14H20N2O4. The number of hydrogen-bond acceptors (Lipinski definition) is 5. The van der Waals surface area contributed by atoms with Crippen LogP contribution in [0.3, 0.4) is 0 Å². The van der Waals surface area contributed by atoms with E-state index < -0.39 is 17.6 Å². The van der Waals surface area contributed by atoms with Gasteiger partial charge >= 0.3 is 11.9 Å². The van der Waals surface area contributed by atoms with Gasteiger partial charge in [0, 0.05) is 5.69 Å². The molecule has 1 unspecified atom stereocenters. The highest BCUT2D eigenvalue weighted by atomic mass is 16.6. The van der Waals surface area contributed by atoms with Crippen molar-refractivity contribution in [2.75, 3.05) is 11.9 Å². The summed E-state index contributed by atoms with van der Waals surface area (Å²) in [6.07, 6.45) is 0. The Hall–Kier alpha value is -2.08. The number of carbonyl (C=O) groups is 2. The Kier molecular flexibility index (Phi) is 5.10. The third-order valence-electron chi connectivity index (χ3n) is 2.37. The lowest BCUT2D eigenvalue weighted by molar-refractivity contribution is -0.152. The predicted octanol–water partition coefficient (Wildman–Crippen LogP) is 1.52. The molecule has 0 spiro atoms. The fraction of sp³-hybridized carbons (Fsp3) is 0.429. The van der Waals surface area contributed by atoms with E-state index in [1.165, 1.54) is 0 Å². The maximum atomic E-state index is 11.6. The third kappa shape index (κ3) is 5.27. The van der Waals surface area contributed by atoms with Crippen molar-refractivity contribution in [2.45, 2.75) is 32.4 Å². The van der Waals surface area contributed by atoms with E-state index in [0.29, 0.717) is 11.3 Å². The summed E-state index contributed by atoms with van der Waals surface area (Å²) >= 11 is 0. The molecule has 20 heavy (non-hydrogen) atoms. The molecule has 4 N–H and O–H groups in total. The number of carbonyl (C=O) groups excluding carboxylic acids is 1. The van der Waals surface area contributed by atoms with E-state index in [1.807, 2.05) is 0 Å². The minimum atomic E-state index is -1.10. The number of hydrogen-bond donors (Lipinski definition) is 3. The fourth-order valence-corrected chi connectivity index (χ4v) is 1.54. The molecule has 1 aromatic carbocycles. The summed E-state index contributed by atoms with van der Waals surface area (Å²) in [5, 5.41) is 11.7. The van der Waals surface area contributed by atoms with Gasteiger partial charge in [0.05, 0.1) is 0 Å². The molecule has 0 aromatic heterocycles. The summed E-state index contributed by atoms with van der Waals surface area (Å²) < 4.78 is 5.16. The van der Waals surface area contributed by atoms with Crippen LogP contribution in [0.2, 0.25) is 0 Å². The number of nitrogens with one attached hydrogen (secondary N) is 1. The summed E-state index contributed by atoms with van der Waals surface area (Å²) in [7, 11) is 0. The van der Waals surface area contributed by atoms with E-state index >= 15 is 0 Å². The summed E-state index contributed by atoms with van der Waals surface area (Å²) in [6, 6.07) is 5.54. The first-order valence-electron chi connectivity index (χ1n) is 6.23. The lowest BCUT2D eigenvalue weighted by Gasteiger charge is -2.19. The number of benzene rings is 1. The molecule has 0 heterocycles. The van der Waals surface area contributed by atoms with Crippen LogP contribution in [0.1, 0.15) is 32.4 Å². The lowest BCUT2D eigenvalue weighted by atomic mass is 10.1. The number of carboxylic acids is 1. The number of nitrogens with two attached hydrogens (primary N) is 1. The fourth-order valence-electron chi connectivity index (χ4n) is 1.54. The molecule has 0 aliphatic heterocycles. The second-order valence-corrected chi connectivity index (χ2v) is 5.38. The molecule has 1 aromatic rings. The molecule has 0 saturated carbocycles. The molecule has 1 atom stereocenters. The Morgan fingerprint density at radius 1 is 1.40 bits per heavy atom. The topological polar surface area (TPSA) is 102 Å². The minimum Gasteiger partial charge on any atom is -0.480 e. The van der Waals surface area contributed by atoms with Crippen LogP contribution in [0, 0.1) is 0 Å². The van der Waals surface area contributed by atoms with Crippen molar-refractivity contribution in [2.24, 2.45) is 5.73 Å². The number of aliphatic carboxylic acids is 1. The average Bonchev–Trinajstić information content (AvgIpc) is 2.33.